The summed E-state index contributed by atoms with van der Waals surface area (Å²) in [6, 6.07) is 11.8. The zero-order valence-electron chi connectivity index (χ0n) is 12.9. The van der Waals surface area contributed by atoms with Crippen molar-refractivity contribution in [3.05, 3.63) is 64.4 Å². The lowest BCUT2D eigenvalue weighted by molar-refractivity contribution is -0.150. The van der Waals surface area contributed by atoms with Crippen LogP contribution in [-0.4, -0.2) is 24.5 Å². The fourth-order valence-corrected chi connectivity index (χ4v) is 2.55. The standard InChI is InChI=1S/C18H19NO3S/c1-14(22-17(20)8-7-16-10-12-23-13-16)18(21)19-11-9-15-5-3-2-4-6-15/h2-8,10,12-14H,9,11H2,1H3,(H,19,21)/b8-7+/t14-/m1/s1. The number of esters is 1. The molecule has 0 unspecified atom stereocenters. The van der Waals surface area contributed by atoms with Crippen LogP contribution in [0.15, 0.2) is 53.2 Å². The van der Waals surface area contributed by atoms with Crippen LogP contribution in [-0.2, 0) is 20.7 Å². The van der Waals surface area contributed by atoms with Crippen molar-refractivity contribution in [3.63, 3.8) is 0 Å². The van der Waals surface area contributed by atoms with E-state index in [-0.39, 0.29) is 5.91 Å². The lowest BCUT2D eigenvalue weighted by Gasteiger charge is -2.12. The topological polar surface area (TPSA) is 55.4 Å². The number of benzene rings is 1. The minimum Gasteiger partial charge on any atom is -0.449 e. The number of rotatable bonds is 7. The first-order chi connectivity index (χ1) is 11.1. The summed E-state index contributed by atoms with van der Waals surface area (Å²) < 4.78 is 5.08. The number of ether oxygens (including phenoxy) is 1. The Morgan fingerprint density at radius 3 is 2.74 bits per heavy atom. The molecule has 1 aromatic heterocycles. The molecule has 0 spiro atoms. The molecule has 1 N–H and O–H groups in total. The number of hydrogen-bond donors (Lipinski definition) is 1. The Kier molecular flexibility index (Phi) is 6.56. The molecule has 4 nitrogen and oxygen atoms in total. The van der Waals surface area contributed by atoms with Gasteiger partial charge in [-0.05, 0) is 47.4 Å². The first-order valence-electron chi connectivity index (χ1n) is 7.37. The Hall–Kier alpha value is -2.40. The van der Waals surface area contributed by atoms with Gasteiger partial charge in [-0.25, -0.2) is 4.79 Å². The van der Waals surface area contributed by atoms with E-state index in [2.05, 4.69) is 5.32 Å². The molecule has 120 valence electrons. The largest absolute Gasteiger partial charge is 0.449 e. The van der Waals surface area contributed by atoms with E-state index in [9.17, 15) is 9.59 Å². The van der Waals surface area contributed by atoms with E-state index >= 15 is 0 Å². The second-order valence-corrected chi connectivity index (χ2v) is 5.78. The van der Waals surface area contributed by atoms with Crippen LogP contribution in [0.25, 0.3) is 6.08 Å². The number of hydrogen-bond acceptors (Lipinski definition) is 4. The van der Waals surface area contributed by atoms with Crippen LogP contribution in [0.1, 0.15) is 18.1 Å². The summed E-state index contributed by atoms with van der Waals surface area (Å²) in [6.07, 6.45) is 2.92. The third-order valence-electron chi connectivity index (χ3n) is 3.17. The van der Waals surface area contributed by atoms with Gasteiger partial charge in [0.2, 0.25) is 0 Å². The SMILES string of the molecule is C[C@@H](OC(=O)/C=C/c1ccsc1)C(=O)NCCc1ccccc1. The van der Waals surface area contributed by atoms with Crippen LogP contribution < -0.4 is 5.32 Å². The molecule has 0 bridgehead atoms. The van der Waals surface area contributed by atoms with Crippen LogP contribution in [0, 0.1) is 0 Å². The van der Waals surface area contributed by atoms with E-state index in [0.29, 0.717) is 6.54 Å². The van der Waals surface area contributed by atoms with Gasteiger partial charge in [-0.2, -0.15) is 11.3 Å². The molecule has 0 fully saturated rings. The molecule has 23 heavy (non-hydrogen) atoms. The van der Waals surface area contributed by atoms with Gasteiger partial charge in [0, 0.05) is 12.6 Å². The molecular formula is C18H19NO3S. The minimum absolute atomic E-state index is 0.293. The minimum atomic E-state index is -0.814. The Morgan fingerprint density at radius 1 is 1.26 bits per heavy atom. The highest BCUT2D eigenvalue weighted by Gasteiger charge is 2.15. The third kappa shape index (κ3) is 6.08. The van der Waals surface area contributed by atoms with Crippen molar-refractivity contribution in [1.82, 2.24) is 5.32 Å². The van der Waals surface area contributed by atoms with Crippen molar-refractivity contribution in [2.75, 3.05) is 6.54 Å². The van der Waals surface area contributed by atoms with E-state index in [1.807, 2.05) is 47.2 Å². The maximum Gasteiger partial charge on any atom is 0.331 e. The van der Waals surface area contributed by atoms with Gasteiger partial charge in [-0.3, -0.25) is 4.79 Å². The van der Waals surface area contributed by atoms with Crippen LogP contribution in [0.4, 0.5) is 0 Å². The predicted octanol–water partition coefficient (Wildman–Crippen LogP) is 3.05. The third-order valence-corrected chi connectivity index (χ3v) is 3.87. The van der Waals surface area contributed by atoms with E-state index in [0.717, 1.165) is 17.5 Å². The number of amides is 1. The molecule has 0 aliphatic carbocycles. The summed E-state index contributed by atoms with van der Waals surface area (Å²) in [4.78, 5) is 23.6. The molecule has 0 saturated heterocycles. The molecule has 2 aromatic rings. The molecule has 1 aromatic carbocycles. The van der Waals surface area contributed by atoms with E-state index in [4.69, 9.17) is 4.74 Å². The van der Waals surface area contributed by atoms with E-state index in [1.165, 1.54) is 6.08 Å². The van der Waals surface area contributed by atoms with E-state index in [1.54, 1.807) is 24.3 Å². The maximum absolute atomic E-state index is 11.9. The van der Waals surface area contributed by atoms with Crippen LogP contribution in [0.2, 0.25) is 0 Å². The average molecular weight is 329 g/mol. The maximum atomic E-state index is 11.9. The molecule has 0 aliphatic heterocycles. The lowest BCUT2D eigenvalue weighted by atomic mass is 10.1. The molecular weight excluding hydrogens is 310 g/mol. The Morgan fingerprint density at radius 2 is 2.04 bits per heavy atom. The summed E-state index contributed by atoms with van der Waals surface area (Å²) in [5, 5.41) is 6.61. The van der Waals surface area contributed by atoms with Crippen molar-refractivity contribution in [1.29, 1.82) is 0 Å². The summed E-state index contributed by atoms with van der Waals surface area (Å²) in [7, 11) is 0. The molecule has 0 saturated carbocycles. The molecule has 5 heteroatoms. The molecule has 0 radical (unpaired) electrons. The molecule has 1 heterocycles. The number of thiophene rings is 1. The van der Waals surface area contributed by atoms with Crippen molar-refractivity contribution in [2.24, 2.45) is 0 Å². The normalized spacial score (nSPS) is 12.0. The van der Waals surface area contributed by atoms with Gasteiger partial charge in [0.25, 0.3) is 5.91 Å². The van der Waals surface area contributed by atoms with Gasteiger partial charge in [0.1, 0.15) is 0 Å². The Bertz CT molecular complexity index is 650. The van der Waals surface area contributed by atoms with E-state index < -0.39 is 12.1 Å². The molecule has 2 rings (SSSR count). The molecule has 1 amide bonds. The van der Waals surface area contributed by atoms with Crippen molar-refractivity contribution >= 4 is 29.3 Å². The number of carbonyl (C=O) groups excluding carboxylic acids is 2. The fraction of sp³-hybridized carbons (Fsp3) is 0.222. The summed E-state index contributed by atoms with van der Waals surface area (Å²) >= 11 is 1.55. The van der Waals surface area contributed by atoms with Gasteiger partial charge in [0.15, 0.2) is 6.10 Å². The Labute approximate surface area is 139 Å². The summed E-state index contributed by atoms with van der Waals surface area (Å²) in [5.74, 6) is -0.819. The zero-order valence-corrected chi connectivity index (χ0v) is 13.7. The second kappa shape index (κ2) is 8.90. The van der Waals surface area contributed by atoms with Gasteiger partial charge in [-0.15, -0.1) is 0 Å². The first kappa shape index (κ1) is 17.0. The van der Waals surface area contributed by atoms with Gasteiger partial charge in [-0.1, -0.05) is 30.3 Å². The van der Waals surface area contributed by atoms with Crippen LogP contribution in [0.5, 0.6) is 0 Å². The number of nitrogens with one attached hydrogen (secondary N) is 1. The van der Waals surface area contributed by atoms with Crippen LogP contribution >= 0.6 is 11.3 Å². The first-order valence-corrected chi connectivity index (χ1v) is 8.32. The molecule has 1 atom stereocenters. The summed E-state index contributed by atoms with van der Waals surface area (Å²) in [5.41, 5.74) is 2.09. The summed E-state index contributed by atoms with van der Waals surface area (Å²) in [6.45, 7) is 2.07. The average Bonchev–Trinajstić information content (AvgIpc) is 3.07. The smallest absolute Gasteiger partial charge is 0.331 e. The van der Waals surface area contributed by atoms with Crippen molar-refractivity contribution < 1.29 is 14.3 Å². The Balaban J connectivity index is 1.70. The zero-order chi connectivity index (χ0) is 16.5. The van der Waals surface area contributed by atoms with Gasteiger partial charge >= 0.3 is 5.97 Å². The van der Waals surface area contributed by atoms with Gasteiger partial charge < -0.3 is 10.1 Å². The highest BCUT2D eigenvalue weighted by Crippen LogP contribution is 2.08. The van der Waals surface area contributed by atoms with Crippen molar-refractivity contribution in [3.8, 4) is 0 Å². The van der Waals surface area contributed by atoms with Crippen molar-refractivity contribution in [2.45, 2.75) is 19.4 Å². The number of carbonyl (C=O) groups is 2. The monoisotopic (exact) mass is 329 g/mol. The predicted molar refractivity (Wildman–Crippen MR) is 92.1 cm³/mol. The second-order valence-electron chi connectivity index (χ2n) is 5.00. The fourth-order valence-electron chi connectivity index (χ4n) is 1.92. The highest BCUT2D eigenvalue weighted by molar-refractivity contribution is 7.08. The quantitative estimate of drug-likeness (QED) is 0.627. The lowest BCUT2D eigenvalue weighted by Crippen LogP contribution is -2.36. The highest BCUT2D eigenvalue weighted by atomic mass is 32.1. The van der Waals surface area contributed by atoms with Gasteiger partial charge in [0.05, 0.1) is 0 Å². The molecule has 0 aliphatic rings. The van der Waals surface area contributed by atoms with Crippen LogP contribution in [0.3, 0.4) is 0 Å².